The lowest BCUT2D eigenvalue weighted by atomic mass is 10.1. The van der Waals surface area contributed by atoms with Crippen LogP contribution < -0.4 is 9.80 Å². The van der Waals surface area contributed by atoms with E-state index in [1.165, 1.54) is 17.0 Å². The number of benzene rings is 1. The van der Waals surface area contributed by atoms with Gasteiger partial charge in [0.05, 0.1) is 39.3 Å². The fourth-order valence-corrected chi connectivity index (χ4v) is 3.77. The van der Waals surface area contributed by atoms with E-state index < -0.39 is 0 Å². The van der Waals surface area contributed by atoms with Gasteiger partial charge in [-0.3, -0.25) is 0 Å². The number of nitrogens with zero attached hydrogens (tertiary/aromatic N) is 5. The highest BCUT2D eigenvalue weighted by atomic mass is 19.1. The molecule has 1 atom stereocenters. The summed E-state index contributed by atoms with van der Waals surface area (Å²) in [4.78, 5) is 3.85. The minimum absolute atomic E-state index is 0.189. The number of unbranched alkanes of at least 4 members (excludes halogenated alkanes) is 1. The van der Waals surface area contributed by atoms with Crippen LogP contribution in [0.1, 0.15) is 38.1 Å². The number of tetrazole rings is 1. The Bertz CT molecular complexity index is 684. The number of anilines is 1. The molecule has 1 saturated heterocycles. The van der Waals surface area contributed by atoms with E-state index in [-0.39, 0.29) is 5.82 Å². The zero-order valence-corrected chi connectivity index (χ0v) is 16.3. The van der Waals surface area contributed by atoms with Crippen LogP contribution in [0.25, 0.3) is 0 Å². The molecule has 0 saturated carbocycles. The summed E-state index contributed by atoms with van der Waals surface area (Å²) < 4.78 is 20.3. The molecule has 0 amide bonds. The summed E-state index contributed by atoms with van der Waals surface area (Å²) in [5, 5.41) is 12.4. The summed E-state index contributed by atoms with van der Waals surface area (Å²) in [6.07, 6.45) is 3.40. The Hall–Kier alpha value is -2.06. The smallest absolute Gasteiger partial charge is 0.209 e. The summed E-state index contributed by atoms with van der Waals surface area (Å²) in [6, 6.07) is 7.08. The van der Waals surface area contributed by atoms with Gasteiger partial charge < -0.3 is 14.5 Å². The molecule has 8 heteroatoms. The van der Waals surface area contributed by atoms with E-state index in [4.69, 9.17) is 4.74 Å². The highest BCUT2D eigenvalue weighted by Crippen LogP contribution is 2.17. The van der Waals surface area contributed by atoms with Crippen LogP contribution in [0.4, 0.5) is 10.1 Å². The van der Waals surface area contributed by atoms with E-state index in [2.05, 4.69) is 27.3 Å². The number of aromatic nitrogens is 4. The fraction of sp³-hybridized carbons (Fsp3) is 0.632. The van der Waals surface area contributed by atoms with Gasteiger partial charge in [0, 0.05) is 19.2 Å². The maximum absolute atomic E-state index is 13.2. The van der Waals surface area contributed by atoms with Crippen molar-refractivity contribution in [1.29, 1.82) is 0 Å². The van der Waals surface area contributed by atoms with Crippen molar-refractivity contribution in [3.8, 4) is 0 Å². The topological polar surface area (TPSA) is 60.5 Å². The normalized spacial score (nSPS) is 16.6. The Morgan fingerprint density at radius 2 is 1.96 bits per heavy atom. The first kappa shape index (κ1) is 19.7. The molecular formula is C19H30FN6O+. The van der Waals surface area contributed by atoms with Crippen LogP contribution >= 0.6 is 0 Å². The van der Waals surface area contributed by atoms with Crippen LogP contribution in [-0.2, 0) is 11.3 Å². The molecule has 0 radical (unpaired) electrons. The molecule has 1 aliphatic heterocycles. The maximum Gasteiger partial charge on any atom is 0.209 e. The summed E-state index contributed by atoms with van der Waals surface area (Å²) in [6.45, 7) is 7.42. The number of hydrogen-bond acceptors (Lipinski definition) is 5. The molecule has 2 aromatic rings. The van der Waals surface area contributed by atoms with Crippen LogP contribution in [0.5, 0.6) is 0 Å². The van der Waals surface area contributed by atoms with E-state index in [0.717, 1.165) is 57.0 Å². The highest BCUT2D eigenvalue weighted by Gasteiger charge is 2.32. The zero-order valence-electron chi connectivity index (χ0n) is 16.3. The van der Waals surface area contributed by atoms with Crippen molar-refractivity contribution in [2.45, 2.75) is 38.8 Å². The largest absolute Gasteiger partial charge is 0.383 e. The molecule has 0 bridgehead atoms. The zero-order chi connectivity index (χ0) is 19.1. The summed E-state index contributed by atoms with van der Waals surface area (Å²) in [7, 11) is 1.69. The fourth-order valence-electron chi connectivity index (χ4n) is 3.77. The molecule has 0 unspecified atom stereocenters. The van der Waals surface area contributed by atoms with Crippen molar-refractivity contribution in [2.75, 3.05) is 44.8 Å². The number of piperazine rings is 1. The molecule has 1 fully saturated rings. The number of halogens is 1. The van der Waals surface area contributed by atoms with Gasteiger partial charge in [-0.1, -0.05) is 13.3 Å². The molecule has 1 aromatic heterocycles. The Morgan fingerprint density at radius 1 is 1.22 bits per heavy atom. The van der Waals surface area contributed by atoms with Gasteiger partial charge in [-0.15, -0.1) is 5.10 Å². The number of quaternary nitrogens is 1. The molecule has 27 heavy (non-hydrogen) atoms. The second kappa shape index (κ2) is 9.75. The summed E-state index contributed by atoms with van der Waals surface area (Å²) in [5.74, 6) is 0.774. The molecule has 148 valence electrons. The molecule has 2 heterocycles. The molecule has 3 rings (SSSR count). The third-order valence-electron chi connectivity index (χ3n) is 5.32. The number of methoxy groups -OCH3 is 1. The van der Waals surface area contributed by atoms with Gasteiger partial charge in [0.15, 0.2) is 0 Å². The van der Waals surface area contributed by atoms with E-state index in [1.807, 2.05) is 16.8 Å². The van der Waals surface area contributed by atoms with Crippen LogP contribution in [0.2, 0.25) is 0 Å². The Kier molecular flexibility index (Phi) is 7.11. The van der Waals surface area contributed by atoms with E-state index in [0.29, 0.717) is 19.2 Å². The molecule has 0 aliphatic carbocycles. The van der Waals surface area contributed by atoms with Gasteiger partial charge in [0.2, 0.25) is 5.82 Å². The average Bonchev–Trinajstić information content (AvgIpc) is 3.16. The minimum Gasteiger partial charge on any atom is -0.383 e. The third-order valence-corrected chi connectivity index (χ3v) is 5.32. The number of ether oxygens (including phenoxy) is 1. The Labute approximate surface area is 160 Å². The van der Waals surface area contributed by atoms with Crippen LogP contribution in [-0.4, -0.2) is 60.1 Å². The van der Waals surface area contributed by atoms with Crippen molar-refractivity contribution in [2.24, 2.45) is 0 Å². The lowest BCUT2D eigenvalue weighted by molar-refractivity contribution is -0.933. The van der Waals surface area contributed by atoms with Gasteiger partial charge in [-0.25, -0.2) is 9.07 Å². The van der Waals surface area contributed by atoms with Gasteiger partial charge in [-0.2, -0.15) is 0 Å². The van der Waals surface area contributed by atoms with E-state index in [9.17, 15) is 4.39 Å². The molecule has 1 aromatic carbocycles. The Morgan fingerprint density at radius 3 is 2.63 bits per heavy atom. The van der Waals surface area contributed by atoms with E-state index >= 15 is 0 Å². The minimum atomic E-state index is -0.189. The first-order valence-electron chi connectivity index (χ1n) is 9.83. The van der Waals surface area contributed by atoms with Crippen molar-refractivity contribution < 1.29 is 14.0 Å². The van der Waals surface area contributed by atoms with Crippen molar-refractivity contribution in [1.82, 2.24) is 20.2 Å². The molecule has 1 aliphatic rings. The van der Waals surface area contributed by atoms with Crippen LogP contribution in [0, 0.1) is 5.82 Å². The SMILES string of the molecule is CCCC[C@H](c1nnnn1CCOC)[NH+]1CCN(c2ccc(F)cc2)CC1. The first-order valence-corrected chi connectivity index (χ1v) is 9.83. The highest BCUT2D eigenvalue weighted by molar-refractivity contribution is 5.46. The summed E-state index contributed by atoms with van der Waals surface area (Å²) >= 11 is 0. The first-order chi connectivity index (χ1) is 13.2. The van der Waals surface area contributed by atoms with Gasteiger partial charge in [0.25, 0.3) is 0 Å². The predicted molar refractivity (Wildman–Crippen MR) is 101 cm³/mol. The lowest BCUT2D eigenvalue weighted by Crippen LogP contribution is -3.15. The summed E-state index contributed by atoms with van der Waals surface area (Å²) in [5.41, 5.74) is 1.09. The van der Waals surface area contributed by atoms with Crippen molar-refractivity contribution in [3.63, 3.8) is 0 Å². The van der Waals surface area contributed by atoms with Crippen LogP contribution in [0.3, 0.4) is 0 Å². The molecular weight excluding hydrogens is 347 g/mol. The average molecular weight is 377 g/mol. The van der Waals surface area contributed by atoms with E-state index in [1.54, 1.807) is 7.11 Å². The quantitative estimate of drug-likeness (QED) is 0.709. The van der Waals surface area contributed by atoms with Gasteiger partial charge in [0.1, 0.15) is 11.9 Å². The second-order valence-electron chi connectivity index (χ2n) is 7.07. The maximum atomic E-state index is 13.2. The monoisotopic (exact) mass is 377 g/mol. The number of nitrogens with one attached hydrogen (secondary N) is 1. The molecule has 1 N–H and O–H groups in total. The van der Waals surface area contributed by atoms with Gasteiger partial charge in [-0.05, 0) is 41.1 Å². The number of hydrogen-bond donors (Lipinski definition) is 1. The standard InChI is InChI=1S/C19H29FN6O/c1-3-4-5-18(19-21-22-23-26(19)14-15-27-2)25-12-10-24(11-13-25)17-8-6-16(20)7-9-17/h6-9,18H,3-5,10-15H2,1-2H3/p+1/t18-/m1/s1. The second-order valence-corrected chi connectivity index (χ2v) is 7.07. The number of rotatable bonds is 9. The van der Waals surface area contributed by atoms with Crippen LogP contribution in [0.15, 0.2) is 24.3 Å². The molecule has 0 spiro atoms. The van der Waals surface area contributed by atoms with Gasteiger partial charge >= 0.3 is 0 Å². The van der Waals surface area contributed by atoms with Crippen molar-refractivity contribution >= 4 is 5.69 Å². The molecule has 7 nitrogen and oxygen atoms in total. The van der Waals surface area contributed by atoms with Crippen molar-refractivity contribution in [3.05, 3.63) is 35.9 Å². The predicted octanol–water partition coefficient (Wildman–Crippen LogP) is 1.10. The Balaban J connectivity index is 1.68. The lowest BCUT2D eigenvalue weighted by Gasteiger charge is -2.37. The third kappa shape index (κ3) is 5.01.